The van der Waals surface area contributed by atoms with Gasteiger partial charge in [0.15, 0.2) is 0 Å². The van der Waals surface area contributed by atoms with E-state index < -0.39 is 0 Å². The second kappa shape index (κ2) is 7.81. The summed E-state index contributed by atoms with van der Waals surface area (Å²) in [6.45, 7) is 4.42. The summed E-state index contributed by atoms with van der Waals surface area (Å²) in [7, 11) is 0. The van der Waals surface area contributed by atoms with Gasteiger partial charge in [-0.05, 0) is 49.8 Å². The van der Waals surface area contributed by atoms with Crippen LogP contribution in [0.15, 0.2) is 36.7 Å². The third-order valence-electron chi connectivity index (χ3n) is 6.14. The highest BCUT2D eigenvalue weighted by molar-refractivity contribution is 5.94. The molecule has 1 spiro atoms. The predicted molar refractivity (Wildman–Crippen MR) is 107 cm³/mol. The van der Waals surface area contributed by atoms with Gasteiger partial charge in [-0.2, -0.15) is 0 Å². The van der Waals surface area contributed by atoms with Crippen molar-refractivity contribution in [1.82, 2.24) is 19.8 Å². The van der Waals surface area contributed by atoms with E-state index >= 15 is 0 Å². The molecule has 1 aromatic carbocycles. The summed E-state index contributed by atoms with van der Waals surface area (Å²) >= 11 is 0. The molecule has 4 rings (SSSR count). The molecular formula is C22H26N4O3. The van der Waals surface area contributed by atoms with Gasteiger partial charge in [0.25, 0.3) is 5.91 Å². The number of nitrogens with zero attached hydrogens (tertiary/aromatic N) is 4. The molecular weight excluding hydrogens is 368 g/mol. The van der Waals surface area contributed by atoms with Gasteiger partial charge in [-0.3, -0.25) is 19.6 Å². The van der Waals surface area contributed by atoms with Crippen molar-refractivity contribution in [3.05, 3.63) is 53.6 Å². The number of phenolic OH excluding ortho intramolecular Hbond substituents is 1. The molecule has 0 bridgehead atoms. The highest BCUT2D eigenvalue weighted by Gasteiger charge is 2.41. The molecule has 0 radical (unpaired) electrons. The molecule has 2 aromatic rings. The lowest BCUT2D eigenvalue weighted by molar-refractivity contribution is -0.139. The molecule has 2 saturated heterocycles. The number of likely N-dealkylation sites (tertiary alicyclic amines) is 2. The largest absolute Gasteiger partial charge is 0.508 e. The van der Waals surface area contributed by atoms with Crippen LogP contribution in [0.2, 0.25) is 0 Å². The number of aromatic hydroxyl groups is 1. The maximum absolute atomic E-state index is 12.7. The predicted octanol–water partition coefficient (Wildman–Crippen LogP) is 2.54. The average molecular weight is 394 g/mol. The van der Waals surface area contributed by atoms with Crippen LogP contribution in [0.1, 0.15) is 47.4 Å². The number of benzene rings is 1. The van der Waals surface area contributed by atoms with E-state index in [0.29, 0.717) is 38.2 Å². The van der Waals surface area contributed by atoms with E-state index in [1.165, 1.54) is 6.07 Å². The van der Waals surface area contributed by atoms with E-state index in [2.05, 4.69) is 9.97 Å². The van der Waals surface area contributed by atoms with Gasteiger partial charge in [0, 0.05) is 37.8 Å². The molecule has 0 saturated carbocycles. The normalized spacial score (nSPS) is 18.9. The molecule has 2 aliphatic rings. The number of phenols is 1. The number of rotatable bonds is 3. The number of hydrogen-bond acceptors (Lipinski definition) is 5. The van der Waals surface area contributed by atoms with E-state index in [1.807, 2.05) is 16.7 Å². The highest BCUT2D eigenvalue weighted by Crippen LogP contribution is 2.40. The Morgan fingerprint density at radius 1 is 1.17 bits per heavy atom. The van der Waals surface area contributed by atoms with Crippen LogP contribution in [0.25, 0.3) is 0 Å². The minimum atomic E-state index is -0.0468. The molecule has 7 nitrogen and oxygen atoms in total. The van der Waals surface area contributed by atoms with E-state index in [-0.39, 0.29) is 23.0 Å². The SMILES string of the molecule is Cc1cnc(CN2CC3(CCC2=O)CCN(C(=O)c2cccc(O)c2)CC3)cn1. The smallest absolute Gasteiger partial charge is 0.253 e. The Morgan fingerprint density at radius 3 is 2.66 bits per heavy atom. The van der Waals surface area contributed by atoms with Crippen LogP contribution in [-0.2, 0) is 11.3 Å². The third kappa shape index (κ3) is 4.23. The number of aromatic nitrogens is 2. The summed E-state index contributed by atoms with van der Waals surface area (Å²) < 4.78 is 0. The van der Waals surface area contributed by atoms with Crippen molar-refractivity contribution in [3.8, 4) is 5.75 Å². The summed E-state index contributed by atoms with van der Waals surface area (Å²) in [5.41, 5.74) is 2.23. The molecule has 3 heterocycles. The zero-order chi connectivity index (χ0) is 20.4. The maximum Gasteiger partial charge on any atom is 0.253 e. The summed E-state index contributed by atoms with van der Waals surface area (Å²) in [6, 6.07) is 6.49. The highest BCUT2D eigenvalue weighted by atomic mass is 16.3. The standard InChI is InChI=1S/C22H26N4O3/c1-16-12-24-18(13-23-16)14-26-15-22(6-5-20(26)28)7-9-25(10-8-22)21(29)17-3-2-4-19(27)11-17/h2-4,11-13,27H,5-10,14-15H2,1H3. The van der Waals surface area contributed by atoms with Gasteiger partial charge in [-0.25, -0.2) is 0 Å². The Morgan fingerprint density at radius 2 is 1.97 bits per heavy atom. The first-order valence-electron chi connectivity index (χ1n) is 10.1. The number of hydrogen-bond donors (Lipinski definition) is 1. The van der Waals surface area contributed by atoms with Gasteiger partial charge in [0.1, 0.15) is 5.75 Å². The minimum absolute atomic E-state index is 0.0468. The van der Waals surface area contributed by atoms with Gasteiger partial charge in [0.2, 0.25) is 5.91 Å². The van der Waals surface area contributed by atoms with Crippen molar-refractivity contribution < 1.29 is 14.7 Å². The Hall–Kier alpha value is -2.96. The second-order valence-corrected chi connectivity index (χ2v) is 8.24. The van der Waals surface area contributed by atoms with Gasteiger partial charge in [-0.1, -0.05) is 6.07 Å². The minimum Gasteiger partial charge on any atom is -0.508 e. The van der Waals surface area contributed by atoms with Crippen LogP contribution in [0.4, 0.5) is 0 Å². The van der Waals surface area contributed by atoms with E-state index in [9.17, 15) is 14.7 Å². The van der Waals surface area contributed by atoms with Crippen molar-refractivity contribution >= 4 is 11.8 Å². The number of carbonyl (C=O) groups excluding carboxylic acids is 2. The number of amides is 2. The molecule has 0 aliphatic carbocycles. The first-order valence-corrected chi connectivity index (χ1v) is 10.1. The molecule has 1 aromatic heterocycles. The fourth-order valence-electron chi connectivity index (χ4n) is 4.36. The fourth-order valence-corrected chi connectivity index (χ4v) is 4.36. The van der Waals surface area contributed by atoms with E-state index in [1.54, 1.807) is 30.6 Å². The quantitative estimate of drug-likeness (QED) is 0.865. The van der Waals surface area contributed by atoms with Crippen LogP contribution in [0.5, 0.6) is 5.75 Å². The lowest BCUT2D eigenvalue weighted by atomic mass is 9.72. The Labute approximate surface area is 170 Å². The molecule has 152 valence electrons. The van der Waals surface area contributed by atoms with Gasteiger partial charge in [-0.15, -0.1) is 0 Å². The van der Waals surface area contributed by atoms with Crippen molar-refractivity contribution in [2.45, 2.75) is 39.2 Å². The molecule has 0 unspecified atom stereocenters. The number of piperidine rings is 2. The zero-order valence-electron chi connectivity index (χ0n) is 16.7. The Balaban J connectivity index is 1.40. The molecule has 7 heteroatoms. The number of carbonyl (C=O) groups is 2. The first kappa shape index (κ1) is 19.4. The van der Waals surface area contributed by atoms with Crippen LogP contribution in [0.3, 0.4) is 0 Å². The van der Waals surface area contributed by atoms with Crippen molar-refractivity contribution in [3.63, 3.8) is 0 Å². The van der Waals surface area contributed by atoms with Crippen molar-refractivity contribution in [2.24, 2.45) is 5.41 Å². The lowest BCUT2D eigenvalue weighted by Crippen LogP contribution is -2.52. The van der Waals surface area contributed by atoms with E-state index in [4.69, 9.17) is 0 Å². The number of aryl methyl sites for hydroxylation is 1. The van der Waals surface area contributed by atoms with Crippen LogP contribution in [-0.4, -0.2) is 56.3 Å². The molecule has 2 amide bonds. The molecule has 2 aliphatic heterocycles. The lowest BCUT2D eigenvalue weighted by Gasteiger charge is -2.47. The van der Waals surface area contributed by atoms with Crippen LogP contribution >= 0.6 is 0 Å². The second-order valence-electron chi connectivity index (χ2n) is 8.24. The van der Waals surface area contributed by atoms with Crippen LogP contribution in [0, 0.1) is 12.3 Å². The summed E-state index contributed by atoms with van der Waals surface area (Å²) in [5, 5.41) is 9.63. The molecule has 29 heavy (non-hydrogen) atoms. The van der Waals surface area contributed by atoms with Crippen molar-refractivity contribution in [2.75, 3.05) is 19.6 Å². The molecule has 1 N–H and O–H groups in total. The summed E-state index contributed by atoms with van der Waals surface area (Å²) in [6.07, 6.45) is 6.63. The summed E-state index contributed by atoms with van der Waals surface area (Å²) in [5.74, 6) is 0.218. The third-order valence-corrected chi connectivity index (χ3v) is 6.14. The monoisotopic (exact) mass is 394 g/mol. The topological polar surface area (TPSA) is 86.6 Å². The average Bonchev–Trinajstić information content (AvgIpc) is 2.73. The maximum atomic E-state index is 12.7. The molecule has 0 atom stereocenters. The summed E-state index contributed by atoms with van der Waals surface area (Å²) in [4.78, 5) is 37.6. The van der Waals surface area contributed by atoms with Gasteiger partial charge >= 0.3 is 0 Å². The first-order chi connectivity index (χ1) is 13.9. The van der Waals surface area contributed by atoms with E-state index in [0.717, 1.165) is 30.7 Å². The zero-order valence-corrected chi connectivity index (χ0v) is 16.7. The van der Waals surface area contributed by atoms with Gasteiger partial charge < -0.3 is 14.9 Å². The van der Waals surface area contributed by atoms with Crippen LogP contribution < -0.4 is 0 Å². The fraction of sp³-hybridized carbons (Fsp3) is 0.455. The van der Waals surface area contributed by atoms with Gasteiger partial charge in [0.05, 0.1) is 24.1 Å². The van der Waals surface area contributed by atoms with Crippen molar-refractivity contribution in [1.29, 1.82) is 0 Å². The molecule has 2 fully saturated rings. The Kier molecular flexibility index (Phi) is 5.22. The Bertz CT molecular complexity index is 905.